The third kappa shape index (κ3) is 3.92. The maximum Gasteiger partial charge on any atom is 0.329 e. The highest BCUT2D eigenvalue weighted by Crippen LogP contribution is 2.34. The van der Waals surface area contributed by atoms with Crippen LogP contribution in [-0.2, 0) is 6.54 Å². The molecule has 0 bridgehead atoms. The van der Waals surface area contributed by atoms with E-state index in [-0.39, 0.29) is 12.0 Å². The van der Waals surface area contributed by atoms with Crippen LogP contribution in [0, 0.1) is 0 Å². The normalized spacial score (nSPS) is 13.5. The molecule has 1 aliphatic heterocycles. The monoisotopic (exact) mass is 455 g/mol. The van der Waals surface area contributed by atoms with Crippen molar-refractivity contribution >= 4 is 23.4 Å². The van der Waals surface area contributed by atoms with Crippen molar-refractivity contribution in [3.8, 4) is 28.3 Å². The van der Waals surface area contributed by atoms with Gasteiger partial charge in [0.2, 0.25) is 5.95 Å². The Hall–Kier alpha value is -4.40. The number of aryl methyl sites for hydroxylation is 1. The predicted molar refractivity (Wildman–Crippen MR) is 132 cm³/mol. The Bertz CT molecular complexity index is 1330. The fourth-order valence-corrected chi connectivity index (χ4v) is 4.11. The number of methoxy groups -OCH3 is 1. The van der Waals surface area contributed by atoms with Crippen molar-refractivity contribution in [1.29, 1.82) is 0 Å². The van der Waals surface area contributed by atoms with E-state index in [4.69, 9.17) is 15.6 Å². The van der Waals surface area contributed by atoms with E-state index in [2.05, 4.69) is 9.97 Å². The molecule has 0 spiro atoms. The molecular weight excluding hydrogens is 430 g/mol. The second-order valence-corrected chi connectivity index (χ2v) is 7.88. The molecule has 2 aromatic heterocycles. The molecule has 172 valence electrons. The highest BCUT2D eigenvalue weighted by molar-refractivity contribution is 6.06. The Balaban J connectivity index is 1.47. The lowest BCUT2D eigenvalue weighted by Crippen LogP contribution is -2.31. The molecule has 0 radical (unpaired) electrons. The van der Waals surface area contributed by atoms with Gasteiger partial charge in [0.1, 0.15) is 11.4 Å². The second-order valence-electron chi connectivity index (χ2n) is 7.88. The minimum atomic E-state index is -0.0598. The molecule has 1 fully saturated rings. The highest BCUT2D eigenvalue weighted by Gasteiger charge is 2.31. The molecule has 4 aromatic rings. The summed E-state index contributed by atoms with van der Waals surface area (Å²) in [5.74, 6) is 0.957. The van der Waals surface area contributed by atoms with Crippen molar-refractivity contribution < 1.29 is 9.53 Å². The summed E-state index contributed by atoms with van der Waals surface area (Å²) in [6.45, 7) is 3.95. The maximum atomic E-state index is 13.3. The number of aromatic nitrogens is 4. The zero-order chi connectivity index (χ0) is 23.7. The summed E-state index contributed by atoms with van der Waals surface area (Å²) in [5.41, 5.74) is 10.7. The molecule has 0 aliphatic carbocycles. The Morgan fingerprint density at radius 2 is 1.79 bits per heavy atom. The number of rotatable bonds is 6. The van der Waals surface area contributed by atoms with Crippen LogP contribution < -0.4 is 20.3 Å². The number of ether oxygens (including phenoxy) is 1. The number of anilines is 3. The maximum absolute atomic E-state index is 13.3. The Kier molecular flexibility index (Phi) is 5.59. The van der Waals surface area contributed by atoms with Gasteiger partial charge in [-0.05, 0) is 55.0 Å². The molecule has 0 saturated carbocycles. The van der Waals surface area contributed by atoms with E-state index in [1.165, 1.54) is 0 Å². The second kappa shape index (κ2) is 8.86. The summed E-state index contributed by atoms with van der Waals surface area (Å²) in [6, 6.07) is 17.2. The lowest BCUT2D eigenvalue weighted by atomic mass is 10.0. The Morgan fingerprint density at radius 1 is 1.03 bits per heavy atom. The number of amides is 2. The molecule has 9 nitrogen and oxygen atoms in total. The topological polar surface area (TPSA) is 102 Å². The lowest BCUT2D eigenvalue weighted by Gasteiger charge is -2.19. The Labute approximate surface area is 197 Å². The van der Waals surface area contributed by atoms with Gasteiger partial charge >= 0.3 is 6.03 Å². The number of hydrogen-bond acceptors (Lipinski definition) is 6. The van der Waals surface area contributed by atoms with E-state index in [0.29, 0.717) is 25.3 Å². The van der Waals surface area contributed by atoms with E-state index in [1.54, 1.807) is 29.2 Å². The van der Waals surface area contributed by atoms with Crippen LogP contribution in [0.3, 0.4) is 0 Å². The minimum absolute atomic E-state index is 0.0598. The molecule has 1 aliphatic rings. The van der Waals surface area contributed by atoms with E-state index in [9.17, 15) is 4.79 Å². The Morgan fingerprint density at radius 3 is 2.50 bits per heavy atom. The molecule has 9 heteroatoms. The van der Waals surface area contributed by atoms with E-state index in [0.717, 1.165) is 33.9 Å². The van der Waals surface area contributed by atoms with Gasteiger partial charge in [-0.25, -0.2) is 14.8 Å². The van der Waals surface area contributed by atoms with Gasteiger partial charge in [0.15, 0.2) is 0 Å². The SMILES string of the molecule is CCn1cc(-c2cccc(N3CCN(c4ccc(OC)cc4)C3=O)c2)c(-c2ccnc(N)n2)n1. The third-order valence-corrected chi connectivity index (χ3v) is 5.86. The number of nitrogens with two attached hydrogens (primary N) is 1. The molecule has 2 aromatic carbocycles. The summed E-state index contributed by atoms with van der Waals surface area (Å²) in [4.78, 5) is 25.2. The van der Waals surface area contributed by atoms with Crippen LogP contribution in [0.25, 0.3) is 22.5 Å². The standard InChI is InChI=1S/C25H25N7O2/c1-3-30-16-21(23(29-30)22-11-12-27-24(26)28-22)17-5-4-6-19(15-17)32-14-13-31(25(32)33)18-7-9-20(34-2)10-8-18/h4-12,15-16H,3,13-14H2,1-2H3,(H2,26,27,28). The van der Waals surface area contributed by atoms with Crippen LogP contribution in [0.1, 0.15) is 6.92 Å². The van der Waals surface area contributed by atoms with Crippen molar-refractivity contribution in [3.05, 3.63) is 67.0 Å². The molecule has 0 atom stereocenters. The first kappa shape index (κ1) is 21.4. The molecule has 1 saturated heterocycles. The van der Waals surface area contributed by atoms with Gasteiger partial charge in [-0.2, -0.15) is 5.10 Å². The molecule has 2 amide bonds. The van der Waals surface area contributed by atoms with Gasteiger partial charge in [-0.1, -0.05) is 12.1 Å². The first-order valence-corrected chi connectivity index (χ1v) is 11.1. The van der Waals surface area contributed by atoms with Crippen LogP contribution in [0.5, 0.6) is 5.75 Å². The van der Waals surface area contributed by atoms with Gasteiger partial charge in [0.25, 0.3) is 0 Å². The lowest BCUT2D eigenvalue weighted by molar-refractivity contribution is 0.256. The molecule has 0 unspecified atom stereocenters. The summed E-state index contributed by atoms with van der Waals surface area (Å²) < 4.78 is 7.09. The van der Waals surface area contributed by atoms with Crippen molar-refractivity contribution in [2.24, 2.45) is 0 Å². The van der Waals surface area contributed by atoms with Gasteiger partial charge < -0.3 is 10.5 Å². The van der Waals surface area contributed by atoms with Crippen molar-refractivity contribution in [2.45, 2.75) is 13.5 Å². The summed E-state index contributed by atoms with van der Waals surface area (Å²) in [7, 11) is 1.63. The quantitative estimate of drug-likeness (QED) is 0.470. The summed E-state index contributed by atoms with van der Waals surface area (Å²) >= 11 is 0. The average molecular weight is 456 g/mol. The number of carbonyl (C=O) groups excluding carboxylic acids is 1. The van der Waals surface area contributed by atoms with Gasteiger partial charge in [0, 0.05) is 49.0 Å². The average Bonchev–Trinajstić information content (AvgIpc) is 3.48. The smallest absolute Gasteiger partial charge is 0.329 e. The zero-order valence-corrected chi connectivity index (χ0v) is 19.0. The van der Waals surface area contributed by atoms with Crippen LogP contribution in [0.15, 0.2) is 67.0 Å². The van der Waals surface area contributed by atoms with Gasteiger partial charge in [0.05, 0.1) is 12.8 Å². The van der Waals surface area contributed by atoms with Crippen LogP contribution in [0.4, 0.5) is 22.1 Å². The summed E-state index contributed by atoms with van der Waals surface area (Å²) in [6.07, 6.45) is 3.61. The van der Waals surface area contributed by atoms with Crippen molar-refractivity contribution in [3.63, 3.8) is 0 Å². The minimum Gasteiger partial charge on any atom is -0.497 e. The number of nitrogens with zero attached hydrogens (tertiary/aromatic N) is 6. The van der Waals surface area contributed by atoms with Crippen LogP contribution in [0.2, 0.25) is 0 Å². The first-order valence-electron chi connectivity index (χ1n) is 11.1. The van der Waals surface area contributed by atoms with Gasteiger partial charge in [-0.15, -0.1) is 0 Å². The highest BCUT2D eigenvalue weighted by atomic mass is 16.5. The molecule has 5 rings (SSSR count). The van der Waals surface area contributed by atoms with Crippen LogP contribution in [-0.4, -0.2) is 46.0 Å². The molecule has 2 N–H and O–H groups in total. The van der Waals surface area contributed by atoms with Gasteiger partial charge in [-0.3, -0.25) is 14.5 Å². The van der Waals surface area contributed by atoms with Crippen molar-refractivity contribution in [2.75, 3.05) is 35.7 Å². The number of carbonyl (C=O) groups is 1. The third-order valence-electron chi connectivity index (χ3n) is 5.86. The summed E-state index contributed by atoms with van der Waals surface area (Å²) in [5, 5.41) is 4.70. The predicted octanol–water partition coefficient (Wildman–Crippen LogP) is 4.06. The number of urea groups is 1. The molecule has 34 heavy (non-hydrogen) atoms. The van der Waals surface area contributed by atoms with E-state index < -0.39 is 0 Å². The van der Waals surface area contributed by atoms with Crippen LogP contribution >= 0.6 is 0 Å². The van der Waals surface area contributed by atoms with E-state index in [1.807, 2.05) is 66.3 Å². The number of hydrogen-bond donors (Lipinski definition) is 1. The number of nitrogen functional groups attached to an aromatic ring is 1. The van der Waals surface area contributed by atoms with Crippen molar-refractivity contribution in [1.82, 2.24) is 19.7 Å². The molecule has 3 heterocycles. The fraction of sp³-hybridized carbons (Fsp3) is 0.200. The van der Waals surface area contributed by atoms with E-state index >= 15 is 0 Å². The largest absolute Gasteiger partial charge is 0.497 e. The molecular formula is C25H25N7O2. The number of benzene rings is 2. The fourth-order valence-electron chi connectivity index (χ4n) is 4.11. The first-order chi connectivity index (χ1) is 16.6. The zero-order valence-electron chi connectivity index (χ0n) is 19.0.